The van der Waals surface area contributed by atoms with Crippen molar-refractivity contribution >= 4 is 28.5 Å². The second-order valence-corrected chi connectivity index (χ2v) is 8.63. The molecular weight excluding hydrogens is 448 g/mol. The molecule has 2 aromatic heterocycles. The number of piperazine rings is 1. The molecule has 0 atom stereocenters. The standard InChI is InChI=1S/C26H28N4O5/c1-3-29-11-13-30(14-12-29)24-19-7-4-8-20-21(19)23(35-26(32)25(31)34-20)22(28-24)17-9-10-18(27-16-17)6-5-15-33-2/h4,7-10,16H,3,5-6,11-15H2,1-2H3. The number of carbonyl (C=O) groups is 2. The van der Waals surface area contributed by atoms with Crippen molar-refractivity contribution in [2.45, 2.75) is 19.8 Å². The van der Waals surface area contributed by atoms with Gasteiger partial charge in [-0.15, -0.1) is 0 Å². The highest BCUT2D eigenvalue weighted by molar-refractivity contribution is 6.32. The first kappa shape index (κ1) is 23.2. The fourth-order valence-electron chi connectivity index (χ4n) is 4.57. The van der Waals surface area contributed by atoms with E-state index in [0.717, 1.165) is 62.5 Å². The van der Waals surface area contributed by atoms with Gasteiger partial charge >= 0.3 is 11.9 Å². The summed E-state index contributed by atoms with van der Waals surface area (Å²) < 4.78 is 16.1. The maximum absolute atomic E-state index is 12.4. The van der Waals surface area contributed by atoms with Gasteiger partial charge in [0.25, 0.3) is 0 Å². The summed E-state index contributed by atoms with van der Waals surface area (Å²) in [6.07, 6.45) is 3.40. The van der Waals surface area contributed by atoms with Crippen molar-refractivity contribution in [1.29, 1.82) is 0 Å². The molecule has 0 radical (unpaired) electrons. The van der Waals surface area contributed by atoms with Crippen molar-refractivity contribution in [2.24, 2.45) is 0 Å². The Balaban J connectivity index is 1.63. The van der Waals surface area contributed by atoms with Gasteiger partial charge in [-0.3, -0.25) is 4.98 Å². The lowest BCUT2D eigenvalue weighted by Gasteiger charge is -2.35. The first-order valence-electron chi connectivity index (χ1n) is 11.9. The Hall–Kier alpha value is -3.56. The Morgan fingerprint density at radius 2 is 1.83 bits per heavy atom. The lowest BCUT2D eigenvalue weighted by atomic mass is 10.0. The molecular formula is C26H28N4O5. The molecule has 0 saturated carbocycles. The minimum atomic E-state index is -1.07. The molecule has 1 saturated heterocycles. The molecule has 2 aliphatic rings. The Morgan fingerprint density at radius 3 is 2.54 bits per heavy atom. The van der Waals surface area contributed by atoms with Crippen LogP contribution in [0.5, 0.6) is 11.5 Å². The third kappa shape index (κ3) is 4.56. The quantitative estimate of drug-likeness (QED) is 0.221. The summed E-state index contributed by atoms with van der Waals surface area (Å²) in [5.74, 6) is -0.844. The van der Waals surface area contributed by atoms with Crippen LogP contribution in [0.4, 0.5) is 5.82 Å². The van der Waals surface area contributed by atoms with E-state index in [-0.39, 0.29) is 11.5 Å². The van der Waals surface area contributed by atoms with Crippen LogP contribution in [-0.2, 0) is 20.7 Å². The van der Waals surface area contributed by atoms with Crippen molar-refractivity contribution in [1.82, 2.24) is 14.9 Å². The van der Waals surface area contributed by atoms with Crippen molar-refractivity contribution < 1.29 is 23.8 Å². The van der Waals surface area contributed by atoms with Gasteiger partial charge in [0.05, 0.1) is 5.39 Å². The molecule has 9 heteroatoms. The van der Waals surface area contributed by atoms with Crippen molar-refractivity contribution in [3.8, 4) is 22.8 Å². The zero-order chi connectivity index (χ0) is 24.4. The number of methoxy groups -OCH3 is 1. The highest BCUT2D eigenvalue weighted by Gasteiger charge is 2.32. The molecule has 3 aromatic rings. The first-order valence-corrected chi connectivity index (χ1v) is 11.9. The number of hydrogen-bond acceptors (Lipinski definition) is 9. The second-order valence-electron chi connectivity index (χ2n) is 8.63. The molecule has 5 rings (SSSR count). The molecule has 0 unspecified atom stereocenters. The minimum absolute atomic E-state index is 0.219. The van der Waals surface area contributed by atoms with E-state index in [1.54, 1.807) is 25.4 Å². The van der Waals surface area contributed by atoms with Crippen LogP contribution in [0.15, 0.2) is 36.5 Å². The van der Waals surface area contributed by atoms with Gasteiger partial charge in [0.2, 0.25) is 0 Å². The van der Waals surface area contributed by atoms with Crippen LogP contribution < -0.4 is 14.4 Å². The van der Waals surface area contributed by atoms with Gasteiger partial charge in [-0.25, -0.2) is 14.6 Å². The molecule has 9 nitrogen and oxygen atoms in total. The highest BCUT2D eigenvalue weighted by Crippen LogP contribution is 2.45. The number of pyridine rings is 2. The third-order valence-corrected chi connectivity index (χ3v) is 6.49. The van der Waals surface area contributed by atoms with Gasteiger partial charge in [0.15, 0.2) is 5.75 Å². The number of aryl methyl sites for hydroxylation is 1. The predicted molar refractivity (Wildman–Crippen MR) is 131 cm³/mol. The summed E-state index contributed by atoms with van der Waals surface area (Å²) in [5.41, 5.74) is 2.09. The van der Waals surface area contributed by atoms with Crippen LogP contribution in [0.3, 0.4) is 0 Å². The van der Waals surface area contributed by atoms with Crippen LogP contribution >= 0.6 is 0 Å². The number of hydrogen-bond donors (Lipinski definition) is 0. The van der Waals surface area contributed by atoms with Crippen molar-refractivity contribution in [2.75, 3.05) is 51.3 Å². The summed E-state index contributed by atoms with van der Waals surface area (Å²) >= 11 is 0. The molecule has 0 aliphatic carbocycles. The number of rotatable bonds is 7. The predicted octanol–water partition coefficient (Wildman–Crippen LogP) is 2.84. The number of anilines is 1. The van der Waals surface area contributed by atoms with E-state index in [9.17, 15) is 9.59 Å². The summed E-state index contributed by atoms with van der Waals surface area (Å²) in [6.45, 7) is 7.32. The lowest BCUT2D eigenvalue weighted by Crippen LogP contribution is -2.46. The van der Waals surface area contributed by atoms with Gasteiger partial charge in [0.1, 0.15) is 17.3 Å². The molecule has 35 heavy (non-hydrogen) atoms. The molecule has 0 bridgehead atoms. The molecule has 1 aromatic carbocycles. The van der Waals surface area contributed by atoms with Crippen molar-refractivity contribution in [3.05, 3.63) is 42.2 Å². The first-order chi connectivity index (χ1) is 17.1. The van der Waals surface area contributed by atoms with Crippen LogP contribution in [0.2, 0.25) is 0 Å². The maximum Gasteiger partial charge on any atom is 0.423 e. The zero-order valence-electron chi connectivity index (χ0n) is 20.0. The van der Waals surface area contributed by atoms with E-state index < -0.39 is 11.9 Å². The van der Waals surface area contributed by atoms with Gasteiger partial charge in [-0.1, -0.05) is 19.1 Å². The zero-order valence-corrected chi connectivity index (χ0v) is 20.0. The monoisotopic (exact) mass is 476 g/mol. The molecule has 2 aliphatic heterocycles. The van der Waals surface area contributed by atoms with E-state index in [4.69, 9.17) is 19.2 Å². The normalized spacial score (nSPS) is 16.2. The summed E-state index contributed by atoms with van der Waals surface area (Å²) in [5, 5.41) is 1.34. The topological polar surface area (TPSA) is 94.1 Å². The number of nitrogens with zero attached hydrogens (tertiary/aromatic N) is 4. The van der Waals surface area contributed by atoms with Crippen LogP contribution in [0.1, 0.15) is 19.0 Å². The SMILES string of the molecule is CCN1CCN(c2nc(-c3ccc(CCCOC)nc3)c3c4c(cccc24)OC(=O)C(=O)O3)CC1. The average molecular weight is 477 g/mol. The minimum Gasteiger partial charge on any atom is -0.417 e. The number of likely N-dealkylation sites (N-methyl/N-ethyl adjacent to an activating group) is 1. The van der Waals surface area contributed by atoms with Crippen LogP contribution in [-0.4, -0.2) is 73.2 Å². The third-order valence-electron chi connectivity index (χ3n) is 6.49. The van der Waals surface area contributed by atoms with E-state index in [1.165, 1.54) is 0 Å². The van der Waals surface area contributed by atoms with Crippen LogP contribution in [0.25, 0.3) is 22.0 Å². The number of ether oxygens (including phenoxy) is 3. The van der Waals surface area contributed by atoms with Gasteiger partial charge in [-0.05, 0) is 37.6 Å². The number of aromatic nitrogens is 2. The van der Waals surface area contributed by atoms with E-state index in [0.29, 0.717) is 23.3 Å². The average Bonchev–Trinajstić information content (AvgIpc) is 3.02. The second kappa shape index (κ2) is 9.97. The molecule has 0 N–H and O–H groups in total. The smallest absolute Gasteiger partial charge is 0.417 e. The van der Waals surface area contributed by atoms with E-state index in [1.807, 2.05) is 18.2 Å². The Bertz CT molecular complexity index is 1250. The molecule has 182 valence electrons. The van der Waals surface area contributed by atoms with E-state index >= 15 is 0 Å². The summed E-state index contributed by atoms with van der Waals surface area (Å²) in [7, 11) is 1.68. The molecule has 0 amide bonds. The summed E-state index contributed by atoms with van der Waals surface area (Å²) in [4.78, 5) is 38.9. The molecule has 4 heterocycles. The van der Waals surface area contributed by atoms with E-state index in [2.05, 4.69) is 21.7 Å². The van der Waals surface area contributed by atoms with Gasteiger partial charge in [0, 0.05) is 62.7 Å². The Kier molecular flexibility index (Phi) is 6.61. The van der Waals surface area contributed by atoms with Gasteiger partial charge < -0.3 is 24.0 Å². The van der Waals surface area contributed by atoms with Crippen LogP contribution in [0, 0.1) is 0 Å². The fraction of sp³-hybridized carbons (Fsp3) is 0.385. The fourth-order valence-corrected chi connectivity index (χ4v) is 4.57. The summed E-state index contributed by atoms with van der Waals surface area (Å²) in [6, 6.07) is 9.25. The Labute approximate surface area is 203 Å². The largest absolute Gasteiger partial charge is 0.423 e. The lowest BCUT2D eigenvalue weighted by molar-refractivity contribution is -0.155. The molecule has 1 fully saturated rings. The molecule has 0 spiro atoms. The Morgan fingerprint density at radius 1 is 1.03 bits per heavy atom. The van der Waals surface area contributed by atoms with Gasteiger partial charge in [-0.2, -0.15) is 0 Å². The highest BCUT2D eigenvalue weighted by atomic mass is 16.6. The number of esters is 2. The number of benzene rings is 1. The maximum atomic E-state index is 12.4. The number of carbonyl (C=O) groups excluding carboxylic acids is 2. The van der Waals surface area contributed by atoms with Crippen molar-refractivity contribution in [3.63, 3.8) is 0 Å².